The number of nitrogens with zero attached hydrogens (tertiary/aromatic N) is 4. The second-order valence-corrected chi connectivity index (χ2v) is 8.62. The van der Waals surface area contributed by atoms with Crippen LogP contribution in [0.3, 0.4) is 0 Å². The van der Waals surface area contributed by atoms with E-state index in [4.69, 9.17) is 0 Å². The van der Waals surface area contributed by atoms with Crippen LogP contribution in [-0.2, 0) is 7.05 Å². The van der Waals surface area contributed by atoms with Crippen molar-refractivity contribution in [3.63, 3.8) is 0 Å². The quantitative estimate of drug-likeness (QED) is 0.495. The van der Waals surface area contributed by atoms with Crippen molar-refractivity contribution in [1.82, 2.24) is 19.6 Å². The predicted molar refractivity (Wildman–Crippen MR) is 122 cm³/mol. The Kier molecular flexibility index (Phi) is 5.03. The van der Waals surface area contributed by atoms with Crippen molar-refractivity contribution >= 4 is 33.2 Å². The highest BCUT2D eigenvalue weighted by atomic mass is 32.1. The van der Waals surface area contributed by atoms with Crippen LogP contribution in [0.2, 0.25) is 0 Å². The fourth-order valence-corrected chi connectivity index (χ4v) is 4.91. The molecule has 0 unspecified atom stereocenters. The Morgan fingerprint density at radius 3 is 2.29 bits per heavy atom. The topological polar surface area (TPSA) is 58.4 Å². The second kappa shape index (κ2) is 8.00. The summed E-state index contributed by atoms with van der Waals surface area (Å²) in [5, 5.41) is 7.16. The van der Waals surface area contributed by atoms with Gasteiger partial charge < -0.3 is 9.80 Å². The third-order valence-corrected chi connectivity index (χ3v) is 6.68. The molecule has 1 aliphatic rings. The first-order valence-electron chi connectivity index (χ1n) is 10.2. The van der Waals surface area contributed by atoms with Crippen molar-refractivity contribution in [3.8, 4) is 11.1 Å². The van der Waals surface area contributed by atoms with Gasteiger partial charge in [0.15, 0.2) is 0 Å². The number of hydrogen-bond acceptors (Lipinski definition) is 4. The van der Waals surface area contributed by atoms with Gasteiger partial charge in [0.2, 0.25) is 0 Å². The van der Waals surface area contributed by atoms with E-state index in [9.17, 15) is 9.59 Å². The molecule has 6 nitrogen and oxygen atoms in total. The van der Waals surface area contributed by atoms with Gasteiger partial charge in [-0.25, -0.2) is 0 Å². The molecule has 2 amide bonds. The largest absolute Gasteiger partial charge is 0.335 e. The molecule has 1 aliphatic heterocycles. The van der Waals surface area contributed by atoms with Crippen molar-refractivity contribution in [2.24, 2.45) is 7.05 Å². The number of rotatable bonds is 3. The second-order valence-electron chi connectivity index (χ2n) is 7.71. The minimum atomic E-state index is 0.0230. The van der Waals surface area contributed by atoms with Crippen LogP contribution in [0.5, 0.6) is 0 Å². The highest BCUT2D eigenvalue weighted by molar-refractivity contribution is 7.17. The average Bonchev–Trinajstić information content (AvgIpc) is 3.44. The number of amides is 2. The van der Waals surface area contributed by atoms with Crippen molar-refractivity contribution in [1.29, 1.82) is 0 Å². The van der Waals surface area contributed by atoms with Crippen LogP contribution in [-0.4, -0.2) is 57.6 Å². The number of thiophene rings is 1. The number of benzene rings is 2. The molecule has 156 valence electrons. The summed E-state index contributed by atoms with van der Waals surface area (Å²) in [7, 11) is 1.89. The maximum atomic E-state index is 13.3. The van der Waals surface area contributed by atoms with Crippen molar-refractivity contribution in [2.75, 3.05) is 26.2 Å². The standard InChI is InChI=1S/C24H22N4O2S/c1-26-15-19(14-25-26)18-7-8-22-20(13-18)21(16-31-22)24(30)28-11-9-27(10-12-28)23(29)17-5-3-2-4-6-17/h2-8,13-16H,9-12H2,1H3. The molecule has 2 aromatic carbocycles. The lowest BCUT2D eigenvalue weighted by Gasteiger charge is -2.34. The number of aryl methyl sites for hydroxylation is 1. The van der Waals surface area contributed by atoms with Crippen molar-refractivity contribution < 1.29 is 9.59 Å². The van der Waals surface area contributed by atoms with Gasteiger partial charge in [-0.05, 0) is 29.8 Å². The fourth-order valence-electron chi connectivity index (χ4n) is 3.99. The first kappa shape index (κ1) is 19.5. The van der Waals surface area contributed by atoms with E-state index in [1.165, 1.54) is 0 Å². The van der Waals surface area contributed by atoms with Crippen LogP contribution in [0.4, 0.5) is 0 Å². The molecule has 4 aromatic rings. The Morgan fingerprint density at radius 2 is 1.61 bits per heavy atom. The van der Waals surface area contributed by atoms with Gasteiger partial charge in [0.1, 0.15) is 0 Å². The molecular weight excluding hydrogens is 408 g/mol. The number of piperazine rings is 1. The Balaban J connectivity index is 1.33. The van der Waals surface area contributed by atoms with Crippen LogP contribution in [0, 0.1) is 0 Å². The summed E-state index contributed by atoms with van der Waals surface area (Å²) < 4.78 is 2.86. The Labute approximate surface area is 184 Å². The maximum absolute atomic E-state index is 13.3. The van der Waals surface area contributed by atoms with Gasteiger partial charge in [-0.15, -0.1) is 11.3 Å². The smallest absolute Gasteiger partial charge is 0.255 e. The molecule has 0 bridgehead atoms. The molecule has 1 fully saturated rings. The molecule has 0 N–H and O–H groups in total. The first-order valence-corrected chi connectivity index (χ1v) is 11.1. The SMILES string of the molecule is Cn1cc(-c2ccc3scc(C(=O)N4CCN(C(=O)c5ccccc5)CC4)c3c2)cn1. The van der Waals surface area contributed by atoms with E-state index in [-0.39, 0.29) is 11.8 Å². The van der Waals surface area contributed by atoms with Crippen LogP contribution in [0.1, 0.15) is 20.7 Å². The van der Waals surface area contributed by atoms with E-state index in [2.05, 4.69) is 23.3 Å². The maximum Gasteiger partial charge on any atom is 0.255 e. The van der Waals surface area contributed by atoms with Gasteiger partial charge in [-0.1, -0.05) is 24.3 Å². The fraction of sp³-hybridized carbons (Fsp3) is 0.208. The predicted octanol–water partition coefficient (Wildman–Crippen LogP) is 3.90. The van der Waals surface area contributed by atoms with Crippen molar-refractivity contribution in [3.05, 3.63) is 77.4 Å². The molecule has 0 atom stereocenters. The lowest BCUT2D eigenvalue weighted by molar-refractivity contribution is 0.0537. The number of carbonyl (C=O) groups is 2. The summed E-state index contributed by atoms with van der Waals surface area (Å²) in [4.78, 5) is 29.6. The summed E-state index contributed by atoms with van der Waals surface area (Å²) in [5.41, 5.74) is 3.50. The molecular formula is C24H22N4O2S. The third kappa shape index (κ3) is 3.72. The molecule has 31 heavy (non-hydrogen) atoms. The van der Waals surface area contributed by atoms with Gasteiger partial charge in [-0.2, -0.15) is 5.10 Å². The first-order chi connectivity index (χ1) is 15.1. The highest BCUT2D eigenvalue weighted by Crippen LogP contribution is 2.31. The van der Waals surface area contributed by atoms with Crippen LogP contribution >= 0.6 is 11.3 Å². The summed E-state index contributed by atoms with van der Waals surface area (Å²) >= 11 is 1.59. The van der Waals surface area contributed by atoms with Crippen molar-refractivity contribution in [2.45, 2.75) is 0 Å². The molecule has 5 rings (SSSR count). The number of aromatic nitrogens is 2. The van der Waals surface area contributed by atoms with Crippen LogP contribution in [0.25, 0.3) is 21.2 Å². The summed E-state index contributed by atoms with van der Waals surface area (Å²) in [5.74, 6) is 0.0520. The number of hydrogen-bond donors (Lipinski definition) is 0. The van der Waals surface area contributed by atoms with Crippen LogP contribution < -0.4 is 0 Å². The van der Waals surface area contributed by atoms with E-state index >= 15 is 0 Å². The number of carbonyl (C=O) groups excluding carboxylic acids is 2. The minimum absolute atomic E-state index is 0.0230. The molecule has 0 radical (unpaired) electrons. The van der Waals surface area contributed by atoms with E-state index in [1.807, 2.05) is 65.0 Å². The molecule has 3 heterocycles. The molecule has 2 aromatic heterocycles. The zero-order valence-corrected chi connectivity index (χ0v) is 18.0. The molecule has 7 heteroatoms. The van der Waals surface area contributed by atoms with E-state index in [0.29, 0.717) is 31.7 Å². The minimum Gasteiger partial charge on any atom is -0.335 e. The zero-order valence-electron chi connectivity index (χ0n) is 17.2. The zero-order chi connectivity index (χ0) is 21.4. The number of fused-ring (bicyclic) bond motifs is 1. The molecule has 1 saturated heterocycles. The highest BCUT2D eigenvalue weighted by Gasteiger charge is 2.26. The van der Waals surface area contributed by atoms with E-state index in [1.54, 1.807) is 16.0 Å². The van der Waals surface area contributed by atoms with Gasteiger partial charge in [0.25, 0.3) is 11.8 Å². The third-order valence-electron chi connectivity index (χ3n) is 5.72. The Morgan fingerprint density at radius 1 is 0.903 bits per heavy atom. The Bertz CT molecular complexity index is 1250. The normalized spacial score (nSPS) is 14.2. The van der Waals surface area contributed by atoms with E-state index < -0.39 is 0 Å². The lowest BCUT2D eigenvalue weighted by atomic mass is 10.0. The molecule has 0 spiro atoms. The Hall–Kier alpha value is -3.45. The lowest BCUT2D eigenvalue weighted by Crippen LogP contribution is -2.50. The molecule has 0 aliphatic carbocycles. The van der Waals surface area contributed by atoms with Crippen LogP contribution in [0.15, 0.2) is 66.3 Å². The monoisotopic (exact) mass is 430 g/mol. The summed E-state index contributed by atoms with van der Waals surface area (Å²) in [6.07, 6.45) is 3.80. The van der Waals surface area contributed by atoms with Gasteiger partial charge in [0, 0.05) is 66.0 Å². The van der Waals surface area contributed by atoms with Gasteiger partial charge in [0.05, 0.1) is 11.8 Å². The summed E-state index contributed by atoms with van der Waals surface area (Å²) in [6.45, 7) is 2.17. The molecule has 0 saturated carbocycles. The summed E-state index contributed by atoms with van der Waals surface area (Å²) in [6, 6.07) is 15.5. The van der Waals surface area contributed by atoms with E-state index in [0.717, 1.165) is 26.8 Å². The van der Waals surface area contributed by atoms with Gasteiger partial charge >= 0.3 is 0 Å². The van der Waals surface area contributed by atoms with Gasteiger partial charge in [-0.3, -0.25) is 14.3 Å². The average molecular weight is 431 g/mol.